The largest absolute Gasteiger partial charge is 0.409 e. The van der Waals surface area contributed by atoms with Crippen molar-refractivity contribution >= 4 is 5.84 Å². The van der Waals surface area contributed by atoms with Crippen LogP contribution in [0.15, 0.2) is 5.16 Å². The van der Waals surface area contributed by atoms with E-state index < -0.39 is 0 Å². The standard InChI is InChI=1S/C10H21N3O/c1-10(5-3-2-4-6-10)8-12-7-9(11)13-14/h12,14H,2-8H2,1H3,(H2,11,13). The van der Waals surface area contributed by atoms with E-state index in [1.807, 2.05) is 0 Å². The van der Waals surface area contributed by atoms with E-state index >= 15 is 0 Å². The number of hydrogen-bond donors (Lipinski definition) is 3. The minimum absolute atomic E-state index is 0.254. The van der Waals surface area contributed by atoms with Gasteiger partial charge in [0.05, 0.1) is 6.54 Å². The lowest BCUT2D eigenvalue weighted by Crippen LogP contribution is -2.38. The average Bonchev–Trinajstić information content (AvgIpc) is 2.18. The fourth-order valence-corrected chi connectivity index (χ4v) is 2.11. The molecule has 4 heteroatoms. The quantitative estimate of drug-likeness (QED) is 0.276. The lowest BCUT2D eigenvalue weighted by Gasteiger charge is -2.33. The van der Waals surface area contributed by atoms with E-state index in [0.717, 1.165) is 6.54 Å². The molecule has 14 heavy (non-hydrogen) atoms. The van der Waals surface area contributed by atoms with Gasteiger partial charge < -0.3 is 16.3 Å². The molecule has 0 aromatic rings. The second-order valence-electron chi connectivity index (χ2n) is 4.57. The van der Waals surface area contributed by atoms with Crippen molar-refractivity contribution in [2.45, 2.75) is 39.0 Å². The molecule has 1 aliphatic rings. The summed E-state index contributed by atoms with van der Waals surface area (Å²) in [7, 11) is 0. The molecule has 0 bridgehead atoms. The monoisotopic (exact) mass is 199 g/mol. The Morgan fingerprint density at radius 2 is 2.07 bits per heavy atom. The Kier molecular flexibility index (Phi) is 4.20. The Labute approximate surface area is 85.6 Å². The summed E-state index contributed by atoms with van der Waals surface area (Å²) in [4.78, 5) is 0. The van der Waals surface area contributed by atoms with Gasteiger partial charge in [-0.3, -0.25) is 0 Å². The third-order valence-corrected chi connectivity index (χ3v) is 3.05. The highest BCUT2D eigenvalue weighted by Crippen LogP contribution is 2.34. The molecule has 0 aromatic heterocycles. The Balaban J connectivity index is 2.22. The molecule has 1 fully saturated rings. The molecule has 4 N–H and O–H groups in total. The van der Waals surface area contributed by atoms with Crippen molar-refractivity contribution in [1.82, 2.24) is 5.32 Å². The minimum Gasteiger partial charge on any atom is -0.409 e. The van der Waals surface area contributed by atoms with Gasteiger partial charge in [0.2, 0.25) is 0 Å². The van der Waals surface area contributed by atoms with Crippen LogP contribution in [-0.4, -0.2) is 24.1 Å². The first kappa shape index (κ1) is 11.3. The van der Waals surface area contributed by atoms with Crippen molar-refractivity contribution in [3.05, 3.63) is 0 Å². The van der Waals surface area contributed by atoms with Crippen molar-refractivity contribution < 1.29 is 5.21 Å². The molecular weight excluding hydrogens is 178 g/mol. The normalized spacial score (nSPS) is 22.2. The van der Waals surface area contributed by atoms with Crippen molar-refractivity contribution in [1.29, 1.82) is 0 Å². The summed E-state index contributed by atoms with van der Waals surface area (Å²) in [6.45, 7) is 3.75. The Morgan fingerprint density at radius 3 is 2.64 bits per heavy atom. The minimum atomic E-state index is 0.254. The molecule has 0 radical (unpaired) electrons. The Hall–Kier alpha value is -0.770. The maximum Gasteiger partial charge on any atom is 0.153 e. The number of rotatable bonds is 4. The van der Waals surface area contributed by atoms with Gasteiger partial charge in [-0.05, 0) is 18.3 Å². The van der Waals surface area contributed by atoms with Gasteiger partial charge in [0, 0.05) is 6.54 Å². The molecule has 0 saturated heterocycles. The first-order valence-corrected chi connectivity index (χ1v) is 5.33. The van der Waals surface area contributed by atoms with Gasteiger partial charge >= 0.3 is 0 Å². The average molecular weight is 199 g/mol. The molecule has 0 aliphatic heterocycles. The van der Waals surface area contributed by atoms with Crippen LogP contribution < -0.4 is 11.1 Å². The number of hydrogen-bond acceptors (Lipinski definition) is 3. The second-order valence-corrected chi connectivity index (χ2v) is 4.57. The summed E-state index contributed by atoms with van der Waals surface area (Å²) >= 11 is 0. The predicted molar refractivity (Wildman–Crippen MR) is 57.5 cm³/mol. The molecule has 1 rings (SSSR count). The van der Waals surface area contributed by atoms with Gasteiger partial charge in [-0.2, -0.15) is 0 Å². The summed E-state index contributed by atoms with van der Waals surface area (Å²) in [5.41, 5.74) is 5.78. The molecule has 0 atom stereocenters. The highest BCUT2D eigenvalue weighted by atomic mass is 16.4. The van der Waals surface area contributed by atoms with Crippen LogP contribution in [0.5, 0.6) is 0 Å². The van der Waals surface area contributed by atoms with Crippen molar-refractivity contribution in [2.24, 2.45) is 16.3 Å². The molecule has 1 aliphatic carbocycles. The van der Waals surface area contributed by atoms with E-state index in [4.69, 9.17) is 10.9 Å². The molecule has 82 valence electrons. The molecule has 0 aromatic carbocycles. The summed E-state index contributed by atoms with van der Waals surface area (Å²) in [5, 5.41) is 14.5. The van der Waals surface area contributed by atoms with Gasteiger partial charge in [0.25, 0.3) is 0 Å². The van der Waals surface area contributed by atoms with Crippen molar-refractivity contribution in [3.8, 4) is 0 Å². The van der Waals surface area contributed by atoms with Gasteiger partial charge in [-0.1, -0.05) is 31.3 Å². The van der Waals surface area contributed by atoms with Gasteiger partial charge in [0.15, 0.2) is 5.84 Å². The predicted octanol–water partition coefficient (Wildman–Crippen LogP) is 1.29. The van der Waals surface area contributed by atoms with E-state index in [2.05, 4.69) is 17.4 Å². The van der Waals surface area contributed by atoms with Gasteiger partial charge in [0.1, 0.15) is 0 Å². The van der Waals surface area contributed by atoms with Gasteiger partial charge in [-0.25, -0.2) is 0 Å². The first-order valence-electron chi connectivity index (χ1n) is 5.33. The number of oxime groups is 1. The maximum atomic E-state index is 8.36. The van der Waals surface area contributed by atoms with Crippen LogP contribution in [0.25, 0.3) is 0 Å². The zero-order valence-electron chi connectivity index (χ0n) is 8.92. The summed E-state index contributed by atoms with van der Waals surface area (Å²) < 4.78 is 0. The second kappa shape index (κ2) is 5.20. The van der Waals surface area contributed by atoms with Crippen molar-refractivity contribution in [2.75, 3.05) is 13.1 Å². The zero-order valence-corrected chi connectivity index (χ0v) is 8.92. The van der Waals surface area contributed by atoms with Gasteiger partial charge in [-0.15, -0.1) is 0 Å². The van der Waals surface area contributed by atoms with Crippen LogP contribution in [0.2, 0.25) is 0 Å². The molecule has 0 amide bonds. The topological polar surface area (TPSA) is 70.6 Å². The van der Waals surface area contributed by atoms with E-state index in [1.165, 1.54) is 32.1 Å². The maximum absolute atomic E-state index is 8.36. The van der Waals surface area contributed by atoms with E-state index in [0.29, 0.717) is 12.0 Å². The summed E-state index contributed by atoms with van der Waals surface area (Å²) in [6.07, 6.45) is 6.62. The summed E-state index contributed by atoms with van der Waals surface area (Å²) in [5.74, 6) is 0.254. The van der Waals surface area contributed by atoms with E-state index in [-0.39, 0.29) is 5.84 Å². The lowest BCUT2D eigenvalue weighted by atomic mass is 9.76. The fourth-order valence-electron chi connectivity index (χ4n) is 2.11. The van der Waals surface area contributed by atoms with E-state index in [9.17, 15) is 0 Å². The molecule has 0 unspecified atom stereocenters. The third-order valence-electron chi connectivity index (χ3n) is 3.05. The smallest absolute Gasteiger partial charge is 0.153 e. The number of nitrogens with zero attached hydrogens (tertiary/aromatic N) is 1. The Morgan fingerprint density at radius 1 is 1.43 bits per heavy atom. The number of nitrogens with two attached hydrogens (primary N) is 1. The van der Waals surface area contributed by atoms with Crippen LogP contribution in [0, 0.1) is 5.41 Å². The zero-order chi connectivity index (χ0) is 10.4. The number of amidine groups is 1. The molecule has 0 spiro atoms. The number of nitrogens with one attached hydrogen (secondary N) is 1. The van der Waals surface area contributed by atoms with Crippen LogP contribution in [-0.2, 0) is 0 Å². The molecule has 1 saturated carbocycles. The van der Waals surface area contributed by atoms with Crippen LogP contribution in [0.3, 0.4) is 0 Å². The van der Waals surface area contributed by atoms with E-state index in [1.54, 1.807) is 0 Å². The third kappa shape index (κ3) is 3.54. The Bertz CT molecular complexity index is 198. The van der Waals surface area contributed by atoms with Crippen LogP contribution in [0.1, 0.15) is 39.0 Å². The van der Waals surface area contributed by atoms with Crippen LogP contribution >= 0.6 is 0 Å². The van der Waals surface area contributed by atoms with Crippen molar-refractivity contribution in [3.63, 3.8) is 0 Å². The van der Waals surface area contributed by atoms with Crippen LogP contribution in [0.4, 0.5) is 0 Å². The lowest BCUT2D eigenvalue weighted by molar-refractivity contribution is 0.211. The summed E-state index contributed by atoms with van der Waals surface area (Å²) in [6, 6.07) is 0. The highest BCUT2D eigenvalue weighted by Gasteiger charge is 2.25. The SMILES string of the molecule is CC1(CNCC(N)=NO)CCCCC1. The highest BCUT2D eigenvalue weighted by molar-refractivity contribution is 5.81. The molecule has 0 heterocycles. The first-order chi connectivity index (χ1) is 6.66. The fraction of sp³-hybridized carbons (Fsp3) is 0.900. The molecular formula is C10H21N3O. The molecule has 4 nitrogen and oxygen atoms in total.